The minimum atomic E-state index is -3.29. The van der Waals surface area contributed by atoms with E-state index in [2.05, 4.69) is 59.1 Å². The highest BCUT2D eigenvalue weighted by atomic mass is 29.3. The molecule has 0 spiro atoms. The molecule has 0 N–H and O–H groups in total. The maximum Gasteiger partial charge on any atom is 0.265 e. The molecule has 0 bridgehead atoms. The number of hydrogen-bond donors (Lipinski definition) is 0. The topological polar surface area (TPSA) is 9.23 Å². The second-order valence-corrected chi connectivity index (χ2v) is 23.7. The van der Waals surface area contributed by atoms with Gasteiger partial charge in [0.1, 0.15) is 0 Å². The van der Waals surface area contributed by atoms with Crippen LogP contribution in [0.3, 0.4) is 0 Å². The number of benzene rings is 2. The van der Waals surface area contributed by atoms with Gasteiger partial charge in [0.05, 0.1) is 13.7 Å². The Morgan fingerprint density at radius 2 is 1.40 bits per heavy atom. The molecule has 1 unspecified atom stereocenters. The molecule has 4 heteroatoms. The molecule has 0 saturated carbocycles. The molecule has 0 aliphatic carbocycles. The first kappa shape index (κ1) is 24.8. The SMILES string of the molecule is C=C[C@H](C(OC)c1ccccc1)[C@@H](C)[C@H](C(C)C)[Si@@](F)(c1ccccc1)[Si](C)(C)C. The minimum absolute atomic E-state index is 0.0177. The second kappa shape index (κ2) is 10.2. The van der Waals surface area contributed by atoms with Gasteiger partial charge in [0.25, 0.3) is 7.93 Å². The van der Waals surface area contributed by atoms with Gasteiger partial charge in [-0.25, -0.2) is 0 Å². The zero-order valence-corrected chi connectivity index (χ0v) is 21.7. The molecule has 0 heterocycles. The Balaban J connectivity index is 2.59. The van der Waals surface area contributed by atoms with Crippen LogP contribution in [-0.4, -0.2) is 22.6 Å². The van der Waals surface area contributed by atoms with Crippen LogP contribution in [0.25, 0.3) is 0 Å². The lowest BCUT2D eigenvalue weighted by Crippen LogP contribution is -2.67. The van der Waals surface area contributed by atoms with E-state index in [1.54, 1.807) is 7.11 Å². The largest absolute Gasteiger partial charge is 0.376 e. The zero-order chi connectivity index (χ0) is 22.5. The first-order valence-corrected chi connectivity index (χ1v) is 17.5. The van der Waals surface area contributed by atoms with Crippen molar-refractivity contribution in [3.8, 4) is 0 Å². The van der Waals surface area contributed by atoms with Crippen LogP contribution in [0, 0.1) is 17.8 Å². The summed E-state index contributed by atoms with van der Waals surface area (Å²) in [5.74, 6) is 0.378. The lowest BCUT2D eigenvalue weighted by atomic mass is 9.80. The number of rotatable bonds is 10. The van der Waals surface area contributed by atoms with Gasteiger partial charge in [-0.1, -0.05) is 107 Å². The van der Waals surface area contributed by atoms with Gasteiger partial charge in [-0.3, -0.25) is 0 Å². The molecule has 2 rings (SSSR count). The van der Waals surface area contributed by atoms with E-state index in [0.717, 1.165) is 10.8 Å². The quantitative estimate of drug-likeness (QED) is 0.217. The predicted octanol–water partition coefficient (Wildman–Crippen LogP) is 7.08. The van der Waals surface area contributed by atoms with E-state index in [1.807, 2.05) is 54.6 Å². The third kappa shape index (κ3) is 4.87. The molecule has 164 valence electrons. The highest BCUT2D eigenvalue weighted by molar-refractivity contribution is 7.43. The lowest BCUT2D eigenvalue weighted by molar-refractivity contribution is 0.0444. The molecule has 30 heavy (non-hydrogen) atoms. The minimum Gasteiger partial charge on any atom is -0.376 e. The van der Waals surface area contributed by atoms with Crippen LogP contribution >= 0.6 is 0 Å². The third-order valence-electron chi connectivity index (χ3n) is 6.64. The average molecular weight is 443 g/mol. The molecule has 1 nitrogen and oxygen atoms in total. The van der Waals surface area contributed by atoms with Crippen LogP contribution in [-0.2, 0) is 4.74 Å². The third-order valence-corrected chi connectivity index (χ3v) is 20.5. The van der Waals surface area contributed by atoms with E-state index in [1.165, 1.54) is 0 Å². The molecule has 0 amide bonds. The Hall–Kier alpha value is -1.50. The summed E-state index contributed by atoms with van der Waals surface area (Å²) in [4.78, 5) is 0. The summed E-state index contributed by atoms with van der Waals surface area (Å²) in [5.41, 5.74) is 1.11. The Labute approximate surface area is 185 Å². The van der Waals surface area contributed by atoms with Crippen molar-refractivity contribution in [1.29, 1.82) is 0 Å². The molecule has 0 aliphatic heterocycles. The van der Waals surface area contributed by atoms with Gasteiger partial charge in [-0.2, -0.15) is 0 Å². The maximum atomic E-state index is 17.6. The van der Waals surface area contributed by atoms with Crippen molar-refractivity contribution in [3.05, 3.63) is 78.9 Å². The highest BCUT2D eigenvalue weighted by Gasteiger charge is 2.58. The van der Waals surface area contributed by atoms with Crippen LogP contribution in [0.2, 0.25) is 25.2 Å². The van der Waals surface area contributed by atoms with Crippen LogP contribution in [0.4, 0.5) is 4.11 Å². The molecule has 0 radical (unpaired) electrons. The maximum absolute atomic E-state index is 17.6. The van der Waals surface area contributed by atoms with Crippen LogP contribution in [0.1, 0.15) is 32.4 Å². The first-order valence-electron chi connectivity index (χ1n) is 11.0. The fourth-order valence-electron chi connectivity index (χ4n) is 5.25. The van der Waals surface area contributed by atoms with Gasteiger partial charge in [-0.15, -0.1) is 6.58 Å². The Morgan fingerprint density at radius 1 is 0.900 bits per heavy atom. The Morgan fingerprint density at radius 3 is 1.80 bits per heavy atom. The summed E-state index contributed by atoms with van der Waals surface area (Å²) < 4.78 is 23.6. The molecule has 2 aromatic carbocycles. The normalized spacial score (nSPS) is 18.3. The summed E-state index contributed by atoms with van der Waals surface area (Å²) in [6.45, 7) is 17.4. The number of hydrogen-bond acceptors (Lipinski definition) is 1. The van der Waals surface area contributed by atoms with E-state index >= 15 is 4.11 Å². The van der Waals surface area contributed by atoms with E-state index in [4.69, 9.17) is 4.74 Å². The fraction of sp³-hybridized carbons (Fsp3) is 0.462. The summed E-state index contributed by atoms with van der Waals surface area (Å²) >= 11 is 0. The molecule has 0 aliphatic rings. The predicted molar refractivity (Wildman–Crippen MR) is 134 cm³/mol. The van der Waals surface area contributed by atoms with Crippen LogP contribution in [0.15, 0.2) is 73.3 Å². The molecule has 2 aromatic rings. The Kier molecular flexibility index (Phi) is 8.43. The van der Waals surface area contributed by atoms with Gasteiger partial charge in [0, 0.05) is 13.0 Å². The lowest BCUT2D eigenvalue weighted by Gasteiger charge is -2.47. The summed E-state index contributed by atoms with van der Waals surface area (Å²) in [7, 11) is -3.66. The molecule has 0 saturated heterocycles. The van der Waals surface area contributed by atoms with Crippen molar-refractivity contribution in [3.63, 3.8) is 0 Å². The summed E-state index contributed by atoms with van der Waals surface area (Å²) in [6, 6.07) is 20.3. The molecule has 0 aromatic heterocycles. The summed E-state index contributed by atoms with van der Waals surface area (Å²) in [5, 5.41) is 0.950. The van der Waals surface area contributed by atoms with Crippen LogP contribution < -0.4 is 5.19 Å². The van der Waals surface area contributed by atoms with Crippen molar-refractivity contribution in [2.24, 2.45) is 17.8 Å². The molecular weight excluding hydrogens is 403 g/mol. The van der Waals surface area contributed by atoms with Crippen molar-refractivity contribution in [1.82, 2.24) is 0 Å². The summed E-state index contributed by atoms with van der Waals surface area (Å²) in [6.07, 6.45) is 1.86. The fourth-order valence-corrected chi connectivity index (χ4v) is 17.9. The Bertz CT molecular complexity index is 788. The van der Waals surface area contributed by atoms with Crippen LogP contribution in [0.5, 0.6) is 0 Å². The number of ether oxygens (including phenoxy) is 1. The van der Waals surface area contributed by atoms with Crippen molar-refractivity contribution >= 4 is 20.7 Å². The molecule has 0 fully saturated rings. The molecule has 5 atom stereocenters. The monoisotopic (exact) mass is 442 g/mol. The number of halogens is 1. The van der Waals surface area contributed by atoms with Gasteiger partial charge >= 0.3 is 0 Å². The molecular formula is C26H39FOSi2. The smallest absolute Gasteiger partial charge is 0.265 e. The van der Waals surface area contributed by atoms with E-state index in [-0.39, 0.29) is 29.4 Å². The standard InChI is InChI=1S/C26H39FOSi2/c1-9-24(25(28-5)22-16-12-10-13-17-22)21(4)26(20(2)3)30(27,29(6,7)8)23-18-14-11-15-19-23/h9-21,24-26H,1H2,2-8H3/t21-,24+,25?,26+,30-/m1/s1. The zero-order valence-electron chi connectivity index (χ0n) is 19.7. The second-order valence-electron chi connectivity index (χ2n) is 9.84. The van der Waals surface area contributed by atoms with Crippen molar-refractivity contribution in [2.75, 3.05) is 7.11 Å². The van der Waals surface area contributed by atoms with Crippen molar-refractivity contribution in [2.45, 2.75) is 52.1 Å². The average Bonchev–Trinajstić information content (AvgIpc) is 2.71. The van der Waals surface area contributed by atoms with Gasteiger partial charge in [0.15, 0.2) is 0 Å². The van der Waals surface area contributed by atoms with E-state index < -0.39 is 15.5 Å². The first-order chi connectivity index (χ1) is 14.1. The van der Waals surface area contributed by atoms with Gasteiger partial charge in [0.2, 0.25) is 0 Å². The van der Waals surface area contributed by atoms with Gasteiger partial charge in [-0.05, 0) is 28.1 Å². The van der Waals surface area contributed by atoms with E-state index in [9.17, 15) is 0 Å². The van der Waals surface area contributed by atoms with E-state index in [0.29, 0.717) is 0 Å². The highest BCUT2D eigenvalue weighted by Crippen LogP contribution is 2.48. The van der Waals surface area contributed by atoms with Crippen molar-refractivity contribution < 1.29 is 8.84 Å². The number of methoxy groups -OCH3 is 1. The van der Waals surface area contributed by atoms with Gasteiger partial charge < -0.3 is 8.84 Å².